The minimum absolute atomic E-state index is 0.130. The average molecular weight is 292 g/mol. The molecule has 0 N–H and O–H groups in total. The zero-order valence-corrected chi connectivity index (χ0v) is 13.1. The molecule has 0 amide bonds. The maximum atomic E-state index is 12.3. The second-order valence-corrected chi connectivity index (χ2v) is 6.78. The van der Waals surface area contributed by atoms with Gasteiger partial charge in [0.25, 0.3) is 0 Å². The maximum Gasteiger partial charge on any atom is 0.334 e. The average Bonchev–Trinajstić information content (AvgIpc) is 2.77. The van der Waals surface area contributed by atoms with Gasteiger partial charge in [-0.05, 0) is 45.2 Å². The second kappa shape index (κ2) is 5.83. The highest BCUT2D eigenvalue weighted by atomic mass is 32.1. The summed E-state index contributed by atoms with van der Waals surface area (Å²) in [5.74, 6) is -0.266. The standard InChI is InChI=1S/C16H20O3S/c1-11-8-12(15(17)19-16(2,3)4)9-13(10-18-11)14-6-5-7-20-14/h5-8,10-11H,9H2,1-4H3/t11-/m0/s1. The Morgan fingerprint density at radius 2 is 2.20 bits per heavy atom. The molecular formula is C16H20O3S. The molecule has 0 unspecified atom stereocenters. The van der Waals surface area contributed by atoms with Crippen molar-refractivity contribution in [2.24, 2.45) is 0 Å². The first kappa shape index (κ1) is 14.9. The predicted molar refractivity (Wildman–Crippen MR) is 81.4 cm³/mol. The quantitative estimate of drug-likeness (QED) is 0.768. The van der Waals surface area contributed by atoms with Crippen molar-refractivity contribution >= 4 is 22.9 Å². The second-order valence-electron chi connectivity index (χ2n) is 5.83. The monoisotopic (exact) mass is 292 g/mol. The Kier molecular flexibility index (Phi) is 4.33. The van der Waals surface area contributed by atoms with Gasteiger partial charge in [0, 0.05) is 22.4 Å². The fourth-order valence-corrected chi connectivity index (χ4v) is 2.64. The fourth-order valence-electron chi connectivity index (χ4n) is 1.91. The molecule has 0 aromatic carbocycles. The zero-order valence-electron chi connectivity index (χ0n) is 12.3. The van der Waals surface area contributed by atoms with E-state index in [4.69, 9.17) is 9.47 Å². The summed E-state index contributed by atoms with van der Waals surface area (Å²) >= 11 is 1.64. The van der Waals surface area contributed by atoms with E-state index in [1.54, 1.807) is 17.6 Å². The minimum Gasteiger partial charge on any atom is -0.494 e. The number of hydrogen-bond acceptors (Lipinski definition) is 4. The van der Waals surface area contributed by atoms with Gasteiger partial charge in [-0.25, -0.2) is 4.79 Å². The fraction of sp³-hybridized carbons (Fsp3) is 0.438. The summed E-state index contributed by atoms with van der Waals surface area (Å²) in [6.45, 7) is 7.53. The number of hydrogen-bond donors (Lipinski definition) is 0. The van der Waals surface area contributed by atoms with Crippen LogP contribution in [0.15, 0.2) is 35.4 Å². The molecule has 1 aliphatic heterocycles. The molecule has 0 fully saturated rings. The van der Waals surface area contributed by atoms with Crippen molar-refractivity contribution in [1.82, 2.24) is 0 Å². The largest absolute Gasteiger partial charge is 0.494 e. The van der Waals surface area contributed by atoms with E-state index < -0.39 is 5.60 Å². The number of allylic oxidation sites excluding steroid dienone is 1. The SMILES string of the molecule is C[C@H]1C=C(C(=O)OC(C)(C)C)CC(c2cccs2)=CO1. The lowest BCUT2D eigenvalue weighted by molar-refractivity contribution is -0.150. The number of carbonyl (C=O) groups excluding carboxylic acids is 1. The summed E-state index contributed by atoms with van der Waals surface area (Å²) < 4.78 is 11.1. The van der Waals surface area contributed by atoms with Crippen LogP contribution < -0.4 is 0 Å². The van der Waals surface area contributed by atoms with E-state index in [9.17, 15) is 4.79 Å². The number of thiophene rings is 1. The van der Waals surface area contributed by atoms with E-state index in [2.05, 4.69) is 0 Å². The highest BCUT2D eigenvalue weighted by molar-refractivity contribution is 7.11. The first-order valence-electron chi connectivity index (χ1n) is 6.67. The molecule has 4 heteroatoms. The molecule has 1 aromatic heterocycles. The third-order valence-electron chi connectivity index (χ3n) is 2.74. The lowest BCUT2D eigenvalue weighted by atomic mass is 10.0. The van der Waals surface area contributed by atoms with Crippen LogP contribution in [0.2, 0.25) is 0 Å². The van der Waals surface area contributed by atoms with Crippen LogP contribution in [0, 0.1) is 0 Å². The van der Waals surface area contributed by atoms with Gasteiger partial charge < -0.3 is 9.47 Å². The zero-order chi connectivity index (χ0) is 14.8. The van der Waals surface area contributed by atoms with Gasteiger partial charge in [0.2, 0.25) is 0 Å². The van der Waals surface area contributed by atoms with E-state index in [-0.39, 0.29) is 12.1 Å². The van der Waals surface area contributed by atoms with Gasteiger partial charge in [-0.3, -0.25) is 0 Å². The molecule has 0 aliphatic carbocycles. The Morgan fingerprint density at radius 1 is 1.45 bits per heavy atom. The molecule has 20 heavy (non-hydrogen) atoms. The van der Waals surface area contributed by atoms with Crippen LogP contribution in [-0.4, -0.2) is 17.7 Å². The number of rotatable bonds is 2. The van der Waals surface area contributed by atoms with Crippen molar-refractivity contribution in [1.29, 1.82) is 0 Å². The topological polar surface area (TPSA) is 35.5 Å². The number of ether oxygens (including phenoxy) is 2. The lowest BCUT2D eigenvalue weighted by Gasteiger charge is -2.20. The summed E-state index contributed by atoms with van der Waals surface area (Å²) in [4.78, 5) is 13.4. The van der Waals surface area contributed by atoms with Gasteiger partial charge in [-0.1, -0.05) is 6.07 Å². The van der Waals surface area contributed by atoms with E-state index in [1.807, 2.05) is 51.3 Å². The van der Waals surface area contributed by atoms with E-state index in [0.29, 0.717) is 12.0 Å². The van der Waals surface area contributed by atoms with Gasteiger partial charge in [-0.2, -0.15) is 0 Å². The van der Waals surface area contributed by atoms with E-state index >= 15 is 0 Å². The van der Waals surface area contributed by atoms with Gasteiger partial charge in [0.05, 0.1) is 6.26 Å². The Labute approximate surface area is 123 Å². The van der Waals surface area contributed by atoms with Gasteiger partial charge in [0.15, 0.2) is 0 Å². The summed E-state index contributed by atoms with van der Waals surface area (Å²) in [6.07, 6.45) is 4.00. The molecule has 2 heterocycles. The Balaban J connectivity index is 2.20. The first-order chi connectivity index (χ1) is 9.35. The highest BCUT2D eigenvalue weighted by Crippen LogP contribution is 2.30. The molecular weight excluding hydrogens is 272 g/mol. The van der Waals surface area contributed by atoms with Crippen molar-refractivity contribution in [3.8, 4) is 0 Å². The Bertz CT molecular complexity index is 533. The van der Waals surface area contributed by atoms with Crippen molar-refractivity contribution in [2.75, 3.05) is 0 Å². The molecule has 1 aliphatic rings. The minimum atomic E-state index is -0.485. The molecule has 0 radical (unpaired) electrons. The number of carbonyl (C=O) groups is 1. The van der Waals surface area contributed by atoms with Gasteiger partial charge in [-0.15, -0.1) is 11.3 Å². The van der Waals surface area contributed by atoms with Crippen molar-refractivity contribution in [2.45, 2.75) is 45.8 Å². The van der Waals surface area contributed by atoms with Crippen molar-refractivity contribution in [3.63, 3.8) is 0 Å². The van der Waals surface area contributed by atoms with Crippen LogP contribution >= 0.6 is 11.3 Å². The summed E-state index contributed by atoms with van der Waals surface area (Å²) in [6, 6.07) is 4.02. The molecule has 0 saturated carbocycles. The van der Waals surface area contributed by atoms with Crippen LogP contribution in [0.4, 0.5) is 0 Å². The van der Waals surface area contributed by atoms with Crippen molar-refractivity contribution in [3.05, 3.63) is 40.3 Å². The Hall–Kier alpha value is -1.55. The molecule has 2 rings (SSSR count). The van der Waals surface area contributed by atoms with Crippen LogP contribution in [0.5, 0.6) is 0 Å². The first-order valence-corrected chi connectivity index (χ1v) is 7.55. The third kappa shape index (κ3) is 3.97. The summed E-state index contributed by atoms with van der Waals surface area (Å²) in [5, 5.41) is 2.02. The molecule has 3 nitrogen and oxygen atoms in total. The van der Waals surface area contributed by atoms with Gasteiger partial charge >= 0.3 is 5.97 Å². The molecule has 1 atom stereocenters. The highest BCUT2D eigenvalue weighted by Gasteiger charge is 2.23. The molecule has 0 bridgehead atoms. The van der Waals surface area contributed by atoms with Crippen LogP contribution in [0.25, 0.3) is 5.57 Å². The smallest absolute Gasteiger partial charge is 0.334 e. The van der Waals surface area contributed by atoms with E-state index in [1.165, 1.54) is 0 Å². The Morgan fingerprint density at radius 3 is 2.80 bits per heavy atom. The van der Waals surface area contributed by atoms with Crippen LogP contribution in [-0.2, 0) is 14.3 Å². The molecule has 0 spiro atoms. The van der Waals surface area contributed by atoms with Gasteiger partial charge in [0.1, 0.15) is 11.7 Å². The number of esters is 1. The molecule has 108 valence electrons. The molecule has 1 aromatic rings. The summed E-state index contributed by atoms with van der Waals surface area (Å²) in [5.41, 5.74) is 1.19. The third-order valence-corrected chi connectivity index (χ3v) is 3.69. The van der Waals surface area contributed by atoms with Crippen molar-refractivity contribution < 1.29 is 14.3 Å². The normalized spacial score (nSPS) is 19.5. The molecule has 0 saturated heterocycles. The van der Waals surface area contributed by atoms with E-state index in [0.717, 1.165) is 10.5 Å². The summed E-state index contributed by atoms with van der Waals surface area (Å²) in [7, 11) is 0. The maximum absolute atomic E-state index is 12.3. The predicted octanol–water partition coefficient (Wildman–Crippen LogP) is 4.17. The van der Waals surface area contributed by atoms with Crippen LogP contribution in [0.3, 0.4) is 0 Å². The lowest BCUT2D eigenvalue weighted by Crippen LogP contribution is -2.25. The van der Waals surface area contributed by atoms with Crippen LogP contribution in [0.1, 0.15) is 39.0 Å².